The van der Waals surface area contributed by atoms with Crippen LogP contribution in [0, 0.1) is 11.6 Å². The molecule has 2 N–H and O–H groups in total. The molecule has 314 valence electrons. The average Bonchev–Trinajstić information content (AvgIpc) is 3.93. The first kappa shape index (κ1) is 40.9. The van der Waals surface area contributed by atoms with E-state index in [9.17, 15) is 13.6 Å². The molecule has 0 saturated heterocycles. The summed E-state index contributed by atoms with van der Waals surface area (Å²) in [6.07, 6.45) is 7.00. The zero-order valence-corrected chi connectivity index (χ0v) is 35.1. The van der Waals surface area contributed by atoms with Crippen molar-refractivity contribution >= 4 is 44.4 Å². The summed E-state index contributed by atoms with van der Waals surface area (Å²) >= 11 is 6.60. The molecule has 0 saturated carbocycles. The number of hydrogen-bond donors (Lipinski definition) is 2. The van der Waals surface area contributed by atoms with Crippen molar-refractivity contribution < 1.29 is 18.3 Å². The second-order valence-corrected chi connectivity index (χ2v) is 16.0. The first-order valence-corrected chi connectivity index (χ1v) is 21.2. The first-order chi connectivity index (χ1) is 30.2. The monoisotopic (exact) mass is 851 g/mol. The largest absolute Gasteiger partial charge is 0.494 e. The van der Waals surface area contributed by atoms with Crippen LogP contribution in [0.5, 0.6) is 5.75 Å². The van der Waals surface area contributed by atoms with E-state index >= 15 is 0 Å². The fraction of sp³-hybridized carbons (Fsp3) is 0.245. The second-order valence-electron chi connectivity index (χ2n) is 15.6. The van der Waals surface area contributed by atoms with Crippen molar-refractivity contribution in [1.82, 2.24) is 35.2 Å². The van der Waals surface area contributed by atoms with Crippen molar-refractivity contribution in [1.29, 1.82) is 0 Å². The Morgan fingerprint density at radius 1 is 0.887 bits per heavy atom. The number of allylic oxidation sites excluding steroid dienone is 1. The SMILES string of the molecule is CC/C(=C(/c1ccc(OCCCOCCCc2ccc([C@H]3Cc4cc(F)cc5c(=O)[nH]nc(c45)[C@@H]3c3ncnn3C)cc2)cc1)c1ccc2[nH]ncc2c1)c1ccc(F)cc1Cl. The Balaban J connectivity index is 0.789. The van der Waals surface area contributed by atoms with E-state index < -0.39 is 11.4 Å². The molecule has 0 amide bonds. The Bertz CT molecular complexity index is 2980. The fourth-order valence-electron chi connectivity index (χ4n) is 8.83. The number of fused-ring (bicyclic) bond motifs is 1. The number of aromatic amines is 2. The van der Waals surface area contributed by atoms with E-state index in [2.05, 4.69) is 73.8 Å². The van der Waals surface area contributed by atoms with Crippen LogP contribution in [0.3, 0.4) is 0 Å². The third-order valence-corrected chi connectivity index (χ3v) is 12.1. The first-order valence-electron chi connectivity index (χ1n) is 20.8. The lowest BCUT2D eigenvalue weighted by atomic mass is 9.73. The van der Waals surface area contributed by atoms with Crippen LogP contribution in [0.15, 0.2) is 114 Å². The van der Waals surface area contributed by atoms with E-state index in [1.165, 1.54) is 36.2 Å². The van der Waals surface area contributed by atoms with E-state index in [0.717, 1.165) is 80.7 Å². The van der Waals surface area contributed by atoms with Crippen LogP contribution >= 0.6 is 11.6 Å². The predicted molar refractivity (Wildman–Crippen MR) is 237 cm³/mol. The summed E-state index contributed by atoms with van der Waals surface area (Å²) in [5, 5.41) is 21.0. The van der Waals surface area contributed by atoms with Gasteiger partial charge in [-0.1, -0.05) is 67.1 Å². The standard InChI is InChI=1S/C49H44ClF2N7O3/c1-3-38(39-17-14-35(51)26-42(39)50)44(32-13-18-43-34(22-32)27-54-56-43)31-11-15-37(16-12-31)62-21-5-20-61-19-4-6-29-7-9-30(10-8-29)40-24-33-23-36(52)25-41-45(33)47(57-58-49(41)60)46(40)48-53-28-55-59(48)2/h7-18,22-23,25-28,40,46H,3-6,19-21,24H2,1-2H3,(H,54,56)(H,58,60)/b44-38+/t40-,46-/m1/s1. The lowest BCUT2D eigenvalue weighted by molar-refractivity contribution is 0.117. The second kappa shape index (κ2) is 17.8. The predicted octanol–water partition coefficient (Wildman–Crippen LogP) is 10.1. The van der Waals surface area contributed by atoms with Crippen LogP contribution in [0.25, 0.3) is 32.8 Å². The maximum Gasteiger partial charge on any atom is 0.272 e. The number of nitrogens with zero attached hydrogens (tertiary/aromatic N) is 5. The summed E-state index contributed by atoms with van der Waals surface area (Å²) in [6.45, 7) is 3.80. The van der Waals surface area contributed by atoms with Gasteiger partial charge >= 0.3 is 0 Å². The van der Waals surface area contributed by atoms with E-state index in [0.29, 0.717) is 54.2 Å². The summed E-state index contributed by atoms with van der Waals surface area (Å²) < 4.78 is 42.6. The van der Waals surface area contributed by atoms with Crippen molar-refractivity contribution in [2.24, 2.45) is 7.05 Å². The lowest BCUT2D eigenvalue weighted by Crippen LogP contribution is -2.27. The smallest absolute Gasteiger partial charge is 0.272 e. The molecular formula is C49H44ClF2N7O3. The Labute approximate surface area is 361 Å². The summed E-state index contributed by atoms with van der Waals surface area (Å²) in [4.78, 5) is 17.2. The molecular weight excluding hydrogens is 808 g/mol. The number of nitrogens with one attached hydrogen (secondary N) is 2. The van der Waals surface area contributed by atoms with Gasteiger partial charge in [0.05, 0.1) is 40.3 Å². The highest BCUT2D eigenvalue weighted by Crippen LogP contribution is 2.46. The molecule has 1 aliphatic rings. The Morgan fingerprint density at radius 3 is 2.47 bits per heavy atom. The molecule has 13 heteroatoms. The minimum atomic E-state index is -0.442. The van der Waals surface area contributed by atoms with Crippen LogP contribution in [0.1, 0.15) is 82.9 Å². The number of hydrogen-bond acceptors (Lipinski definition) is 7. The van der Waals surface area contributed by atoms with Crippen LogP contribution in [-0.2, 0) is 24.6 Å². The molecule has 3 heterocycles. The topological polar surface area (TPSA) is 124 Å². The van der Waals surface area contributed by atoms with Crippen LogP contribution in [0.2, 0.25) is 5.02 Å². The van der Waals surface area contributed by atoms with Gasteiger partial charge in [0.2, 0.25) is 0 Å². The molecule has 62 heavy (non-hydrogen) atoms. The minimum Gasteiger partial charge on any atom is -0.494 e. The molecule has 10 nitrogen and oxygen atoms in total. The summed E-state index contributed by atoms with van der Waals surface area (Å²) in [5.41, 5.74) is 9.05. The molecule has 8 aromatic rings. The number of H-pyrrole nitrogens is 2. The van der Waals surface area contributed by atoms with Crippen LogP contribution in [0.4, 0.5) is 8.78 Å². The molecule has 0 fully saturated rings. The van der Waals surface area contributed by atoms with E-state index in [1.54, 1.807) is 16.9 Å². The Morgan fingerprint density at radius 2 is 1.69 bits per heavy atom. The quantitative estimate of drug-likeness (QED) is 0.0778. The maximum absolute atomic E-state index is 14.7. The number of aromatic nitrogens is 7. The van der Waals surface area contributed by atoms with Gasteiger partial charge in [-0.15, -0.1) is 0 Å². The van der Waals surface area contributed by atoms with E-state index in [-0.39, 0.29) is 17.7 Å². The van der Waals surface area contributed by atoms with Gasteiger partial charge < -0.3 is 9.47 Å². The van der Waals surface area contributed by atoms with Gasteiger partial charge in [0.25, 0.3) is 5.56 Å². The Kier molecular flexibility index (Phi) is 11.8. The average molecular weight is 852 g/mol. The van der Waals surface area contributed by atoms with Gasteiger partial charge in [0.15, 0.2) is 0 Å². The highest BCUT2D eigenvalue weighted by Gasteiger charge is 2.38. The third kappa shape index (κ3) is 8.27. The fourth-order valence-corrected chi connectivity index (χ4v) is 9.11. The van der Waals surface area contributed by atoms with Gasteiger partial charge in [-0.3, -0.25) is 14.6 Å². The van der Waals surface area contributed by atoms with Gasteiger partial charge in [0.1, 0.15) is 29.5 Å². The molecule has 0 bridgehead atoms. The zero-order valence-electron chi connectivity index (χ0n) is 34.3. The van der Waals surface area contributed by atoms with Crippen LogP contribution in [-0.4, -0.2) is 55.0 Å². The number of rotatable bonds is 15. The van der Waals surface area contributed by atoms with Gasteiger partial charge in [0, 0.05) is 43.4 Å². The van der Waals surface area contributed by atoms with E-state index in [1.807, 2.05) is 37.4 Å². The normalized spacial score (nSPS) is 15.3. The number of halogens is 3. The van der Waals surface area contributed by atoms with Crippen molar-refractivity contribution in [2.45, 2.75) is 50.9 Å². The van der Waals surface area contributed by atoms with Crippen molar-refractivity contribution in [2.75, 3.05) is 19.8 Å². The summed E-state index contributed by atoms with van der Waals surface area (Å²) in [5.74, 6) is 0.300. The van der Waals surface area contributed by atoms with Gasteiger partial charge in [-0.2, -0.15) is 15.3 Å². The van der Waals surface area contributed by atoms with Gasteiger partial charge in [-0.05, 0) is 119 Å². The van der Waals surface area contributed by atoms with E-state index in [4.69, 9.17) is 21.1 Å². The highest BCUT2D eigenvalue weighted by atomic mass is 35.5. The molecule has 5 aromatic carbocycles. The number of ether oxygens (including phenoxy) is 2. The minimum absolute atomic E-state index is 0.0921. The highest BCUT2D eigenvalue weighted by molar-refractivity contribution is 6.32. The molecule has 0 radical (unpaired) electrons. The molecule has 0 spiro atoms. The molecule has 9 rings (SSSR count). The summed E-state index contributed by atoms with van der Waals surface area (Å²) in [6, 6.07) is 30.1. The van der Waals surface area contributed by atoms with Crippen molar-refractivity contribution in [3.63, 3.8) is 0 Å². The van der Waals surface area contributed by atoms with Crippen molar-refractivity contribution in [3.05, 3.63) is 181 Å². The lowest BCUT2D eigenvalue weighted by Gasteiger charge is -2.32. The van der Waals surface area contributed by atoms with Gasteiger partial charge in [-0.25, -0.2) is 18.9 Å². The molecule has 2 atom stereocenters. The zero-order chi connectivity index (χ0) is 42.7. The van der Waals surface area contributed by atoms with Crippen LogP contribution < -0.4 is 10.3 Å². The van der Waals surface area contributed by atoms with Crippen molar-refractivity contribution in [3.8, 4) is 5.75 Å². The number of aryl methyl sites for hydroxylation is 2. The molecule has 0 aliphatic heterocycles. The third-order valence-electron chi connectivity index (χ3n) is 11.8. The Hall–Kier alpha value is -6.50. The number of benzene rings is 5. The molecule has 1 aliphatic carbocycles. The maximum atomic E-state index is 14.7. The summed E-state index contributed by atoms with van der Waals surface area (Å²) in [7, 11) is 1.84. The molecule has 0 unspecified atom stereocenters. The molecule has 3 aromatic heterocycles.